The number of carbonyl (C=O) groups excluding carboxylic acids is 2. The number of hydrogen-bond donors (Lipinski definition) is 2. The van der Waals surface area contributed by atoms with Gasteiger partial charge in [-0.15, -0.1) is 5.10 Å². The van der Waals surface area contributed by atoms with Crippen molar-refractivity contribution in [2.45, 2.75) is 11.7 Å². The number of amides is 2. The minimum atomic E-state index is -1.15. The van der Waals surface area contributed by atoms with Gasteiger partial charge in [-0.3, -0.25) is 14.6 Å². The van der Waals surface area contributed by atoms with E-state index in [0.29, 0.717) is 0 Å². The molecular weight excluding hydrogens is 430 g/mol. The number of nitrogens with zero attached hydrogens (tertiary/aromatic N) is 4. The number of pyridine rings is 1. The second kappa shape index (κ2) is 8.98. The first-order valence-corrected chi connectivity index (χ1v) is 10.4. The molecule has 1 atom stereocenters. The third-order valence-corrected chi connectivity index (χ3v) is 5.73. The lowest BCUT2D eigenvalue weighted by Gasteiger charge is -2.15. The van der Waals surface area contributed by atoms with Crippen LogP contribution in [0.1, 0.15) is 22.3 Å². The highest BCUT2D eigenvalue weighted by Crippen LogP contribution is 2.30. The van der Waals surface area contributed by atoms with Crippen LogP contribution in [0.4, 0.5) is 5.69 Å². The Kier molecular flexibility index (Phi) is 5.95. The van der Waals surface area contributed by atoms with E-state index >= 15 is 0 Å². The molecule has 0 bridgehead atoms. The summed E-state index contributed by atoms with van der Waals surface area (Å²) in [6.45, 7) is 0. The van der Waals surface area contributed by atoms with Gasteiger partial charge in [0.1, 0.15) is 5.25 Å². The minimum Gasteiger partial charge on any atom is -0.478 e. The lowest BCUT2D eigenvalue weighted by Crippen LogP contribution is -2.32. The van der Waals surface area contributed by atoms with E-state index < -0.39 is 23.0 Å². The molecule has 0 radical (unpaired) electrons. The molecule has 2 heterocycles. The zero-order valence-electron chi connectivity index (χ0n) is 16.6. The fourth-order valence-electron chi connectivity index (χ4n) is 3.29. The molecule has 3 aromatic rings. The van der Waals surface area contributed by atoms with Gasteiger partial charge >= 0.3 is 5.97 Å². The number of anilines is 1. The molecule has 32 heavy (non-hydrogen) atoms. The number of fused-ring (bicyclic) bond motifs is 1. The molecule has 4 rings (SSSR count). The molecule has 0 aliphatic carbocycles. The summed E-state index contributed by atoms with van der Waals surface area (Å²) < 4.78 is 0. The largest absolute Gasteiger partial charge is 0.478 e. The Hall–Kier alpha value is -4.05. The number of imide groups is 1. The number of aromatic carboxylic acids is 1. The van der Waals surface area contributed by atoms with Gasteiger partial charge in [0.05, 0.1) is 23.0 Å². The SMILES string of the molecule is N/C(=N\N=C\c1ccnc2ccccc12)SC1CC(=O)N(c2cccc(C(=O)O)c2)C1=O. The number of carbonyl (C=O) groups is 3. The molecule has 3 N–H and O–H groups in total. The van der Waals surface area contributed by atoms with Crippen molar-refractivity contribution >= 4 is 57.5 Å². The predicted octanol–water partition coefficient (Wildman–Crippen LogP) is 2.65. The number of aromatic nitrogens is 1. The third-order valence-electron chi connectivity index (χ3n) is 4.76. The van der Waals surface area contributed by atoms with Crippen molar-refractivity contribution in [1.29, 1.82) is 0 Å². The van der Waals surface area contributed by atoms with Gasteiger partial charge in [0, 0.05) is 23.6 Å². The second-order valence-corrected chi connectivity index (χ2v) is 8.06. The van der Waals surface area contributed by atoms with E-state index in [-0.39, 0.29) is 22.8 Å². The summed E-state index contributed by atoms with van der Waals surface area (Å²) in [4.78, 5) is 41.6. The fourth-order valence-corrected chi connectivity index (χ4v) is 4.11. The van der Waals surface area contributed by atoms with Crippen molar-refractivity contribution in [3.63, 3.8) is 0 Å². The number of carboxylic acid groups (broad SMARTS) is 1. The van der Waals surface area contributed by atoms with Gasteiger partial charge in [-0.25, -0.2) is 9.69 Å². The van der Waals surface area contributed by atoms with Crippen LogP contribution >= 0.6 is 11.8 Å². The first-order chi connectivity index (χ1) is 15.4. The molecular formula is C22H17N5O4S. The highest BCUT2D eigenvalue weighted by Gasteiger charge is 2.40. The number of benzene rings is 2. The third kappa shape index (κ3) is 4.35. The Morgan fingerprint density at radius 2 is 2.00 bits per heavy atom. The van der Waals surface area contributed by atoms with Crippen LogP contribution in [0, 0.1) is 0 Å². The van der Waals surface area contributed by atoms with Crippen LogP contribution in [0.2, 0.25) is 0 Å². The summed E-state index contributed by atoms with van der Waals surface area (Å²) in [7, 11) is 0. The highest BCUT2D eigenvalue weighted by atomic mass is 32.2. The maximum atomic E-state index is 12.8. The first-order valence-electron chi connectivity index (χ1n) is 9.51. The van der Waals surface area contributed by atoms with Crippen molar-refractivity contribution in [2.24, 2.45) is 15.9 Å². The molecule has 1 fully saturated rings. The number of rotatable bonds is 5. The molecule has 10 heteroatoms. The average molecular weight is 447 g/mol. The van der Waals surface area contributed by atoms with Gasteiger partial charge in [-0.1, -0.05) is 36.0 Å². The maximum Gasteiger partial charge on any atom is 0.335 e. The maximum absolute atomic E-state index is 12.8. The summed E-state index contributed by atoms with van der Waals surface area (Å²) in [5.74, 6) is -2.06. The summed E-state index contributed by atoms with van der Waals surface area (Å²) in [6, 6.07) is 15.1. The van der Waals surface area contributed by atoms with Crippen LogP contribution < -0.4 is 10.6 Å². The molecule has 1 unspecified atom stereocenters. The van der Waals surface area contributed by atoms with Crippen molar-refractivity contribution in [2.75, 3.05) is 4.90 Å². The molecule has 9 nitrogen and oxygen atoms in total. The normalized spacial score (nSPS) is 16.9. The Morgan fingerprint density at radius 3 is 2.81 bits per heavy atom. The minimum absolute atomic E-state index is 0.0155. The molecule has 1 saturated heterocycles. The number of carboxylic acids is 1. The van der Waals surface area contributed by atoms with E-state index in [1.165, 1.54) is 24.3 Å². The summed E-state index contributed by atoms with van der Waals surface area (Å²) in [5.41, 5.74) is 7.74. The molecule has 2 aromatic carbocycles. The van der Waals surface area contributed by atoms with Crippen LogP contribution in [0.25, 0.3) is 10.9 Å². The molecule has 1 aromatic heterocycles. The Balaban J connectivity index is 1.47. The van der Waals surface area contributed by atoms with Crippen molar-refractivity contribution in [3.8, 4) is 0 Å². The molecule has 1 aliphatic rings. The highest BCUT2D eigenvalue weighted by molar-refractivity contribution is 8.14. The zero-order valence-corrected chi connectivity index (χ0v) is 17.4. The number of nitrogens with two attached hydrogens (primary N) is 1. The standard InChI is InChI=1S/C22H17N5O4S/c23-22(26-25-12-14-8-9-24-17-7-2-1-6-16(14)17)32-18-11-19(28)27(20(18)29)15-5-3-4-13(10-15)21(30)31/h1-10,12,18H,11H2,(H2,23,26)(H,30,31)/b25-12+. The molecule has 160 valence electrons. The lowest BCUT2D eigenvalue weighted by molar-refractivity contribution is -0.121. The number of para-hydroxylation sites is 1. The van der Waals surface area contributed by atoms with Crippen molar-refractivity contribution in [3.05, 3.63) is 71.9 Å². The van der Waals surface area contributed by atoms with Crippen LogP contribution in [0.3, 0.4) is 0 Å². The fraction of sp³-hybridized carbons (Fsp3) is 0.0909. The quantitative estimate of drug-likeness (QED) is 0.265. The van der Waals surface area contributed by atoms with E-state index in [4.69, 9.17) is 10.8 Å². The number of thioether (sulfide) groups is 1. The van der Waals surface area contributed by atoms with Gasteiger partial charge < -0.3 is 10.8 Å². The topological polar surface area (TPSA) is 138 Å². The number of amidine groups is 1. The zero-order chi connectivity index (χ0) is 22.7. The monoisotopic (exact) mass is 447 g/mol. The first kappa shape index (κ1) is 21.2. The van der Waals surface area contributed by atoms with Crippen LogP contribution in [-0.4, -0.2) is 44.5 Å². The van der Waals surface area contributed by atoms with Gasteiger partial charge in [-0.05, 0) is 30.3 Å². The molecule has 0 spiro atoms. The predicted molar refractivity (Wildman–Crippen MR) is 123 cm³/mol. The Bertz CT molecular complexity index is 1280. The van der Waals surface area contributed by atoms with Gasteiger partial charge in [0.15, 0.2) is 5.17 Å². The van der Waals surface area contributed by atoms with E-state index in [2.05, 4.69) is 15.2 Å². The summed E-state index contributed by atoms with van der Waals surface area (Å²) in [5, 5.41) is 17.2. The lowest BCUT2D eigenvalue weighted by atomic mass is 10.1. The van der Waals surface area contributed by atoms with E-state index in [9.17, 15) is 14.4 Å². The van der Waals surface area contributed by atoms with Crippen molar-refractivity contribution < 1.29 is 19.5 Å². The van der Waals surface area contributed by atoms with Crippen LogP contribution in [0.15, 0.2) is 71.0 Å². The van der Waals surface area contributed by atoms with E-state index in [0.717, 1.165) is 33.1 Å². The van der Waals surface area contributed by atoms with Gasteiger partial charge in [0.2, 0.25) is 11.8 Å². The van der Waals surface area contributed by atoms with E-state index in [1.807, 2.05) is 24.3 Å². The van der Waals surface area contributed by atoms with Gasteiger partial charge in [-0.2, -0.15) is 5.10 Å². The van der Waals surface area contributed by atoms with Crippen LogP contribution in [-0.2, 0) is 9.59 Å². The molecule has 2 amide bonds. The average Bonchev–Trinajstić information content (AvgIpc) is 3.06. The van der Waals surface area contributed by atoms with Crippen molar-refractivity contribution in [1.82, 2.24) is 4.98 Å². The Morgan fingerprint density at radius 1 is 1.19 bits per heavy atom. The molecule has 0 saturated carbocycles. The van der Waals surface area contributed by atoms with Gasteiger partial charge in [0.25, 0.3) is 0 Å². The smallest absolute Gasteiger partial charge is 0.335 e. The number of hydrogen-bond acceptors (Lipinski definition) is 7. The molecule has 1 aliphatic heterocycles. The summed E-state index contributed by atoms with van der Waals surface area (Å²) >= 11 is 0.940. The van der Waals surface area contributed by atoms with E-state index in [1.54, 1.807) is 18.5 Å². The Labute approximate surface area is 186 Å². The second-order valence-electron chi connectivity index (χ2n) is 6.83. The van der Waals surface area contributed by atoms with Crippen LogP contribution in [0.5, 0.6) is 0 Å². The summed E-state index contributed by atoms with van der Waals surface area (Å²) in [6.07, 6.45) is 3.14.